The van der Waals surface area contributed by atoms with Gasteiger partial charge in [-0.25, -0.2) is 9.59 Å². The average Bonchev–Trinajstić information content (AvgIpc) is 2.89. The first-order chi connectivity index (χ1) is 17.5. The van der Waals surface area contributed by atoms with Crippen LogP contribution in [0.4, 0.5) is 0 Å². The van der Waals surface area contributed by atoms with Gasteiger partial charge in [0.05, 0.1) is 24.3 Å². The van der Waals surface area contributed by atoms with Crippen LogP contribution < -0.4 is 0 Å². The summed E-state index contributed by atoms with van der Waals surface area (Å²) in [6.45, 7) is 9.42. The molecule has 0 bridgehead atoms. The molecular weight excluding hydrogens is 448 g/mol. The zero-order valence-corrected chi connectivity index (χ0v) is 23.2. The lowest BCUT2D eigenvalue weighted by Gasteiger charge is -2.10. The second kappa shape index (κ2) is 20.6. The van der Waals surface area contributed by atoms with E-state index in [2.05, 4.69) is 52.0 Å². The molecule has 0 amide bonds. The Morgan fingerprint density at radius 1 is 0.528 bits per heavy atom. The second-order valence-corrected chi connectivity index (χ2v) is 9.44. The molecule has 0 aliphatic carbocycles. The molecule has 0 saturated heterocycles. The number of benzene rings is 2. The Balaban J connectivity index is 0.000000681. The van der Waals surface area contributed by atoms with Crippen molar-refractivity contribution < 1.29 is 19.1 Å². The quantitative estimate of drug-likeness (QED) is 0.172. The highest BCUT2D eigenvalue weighted by molar-refractivity contribution is 6.03. The van der Waals surface area contributed by atoms with E-state index in [9.17, 15) is 9.59 Å². The summed E-state index contributed by atoms with van der Waals surface area (Å²) < 4.78 is 10.7. The summed E-state index contributed by atoms with van der Waals surface area (Å²) in [5.41, 5.74) is 3.32. The Labute approximate surface area is 219 Å². The molecule has 0 N–H and O–H groups in total. The van der Waals surface area contributed by atoms with Gasteiger partial charge >= 0.3 is 11.9 Å². The first kappa shape index (κ1) is 31.4. The molecule has 0 spiro atoms. The Morgan fingerprint density at radius 2 is 0.861 bits per heavy atom. The van der Waals surface area contributed by atoms with Crippen LogP contribution in [0.25, 0.3) is 0 Å². The van der Waals surface area contributed by atoms with Gasteiger partial charge in [0.2, 0.25) is 0 Å². The van der Waals surface area contributed by atoms with Gasteiger partial charge in [0.25, 0.3) is 0 Å². The largest absolute Gasteiger partial charge is 0.462 e. The Kier molecular flexibility index (Phi) is 17.9. The molecule has 0 aliphatic rings. The summed E-state index contributed by atoms with van der Waals surface area (Å²) in [4.78, 5) is 24.7. The van der Waals surface area contributed by atoms with Gasteiger partial charge in [-0.3, -0.25) is 0 Å². The van der Waals surface area contributed by atoms with E-state index in [0.717, 1.165) is 25.7 Å². The molecule has 200 valence electrons. The minimum Gasteiger partial charge on any atom is -0.462 e. The van der Waals surface area contributed by atoms with Crippen molar-refractivity contribution in [1.29, 1.82) is 0 Å². The van der Waals surface area contributed by atoms with E-state index in [1.807, 2.05) is 0 Å². The second-order valence-electron chi connectivity index (χ2n) is 9.44. The molecule has 0 saturated carbocycles. The van der Waals surface area contributed by atoms with Crippen LogP contribution in [0.1, 0.15) is 123 Å². The van der Waals surface area contributed by atoms with Crippen LogP contribution in [0, 0.1) is 13.8 Å². The van der Waals surface area contributed by atoms with Crippen LogP contribution in [0.15, 0.2) is 48.5 Å². The van der Waals surface area contributed by atoms with Gasteiger partial charge in [-0.05, 0) is 49.9 Å². The van der Waals surface area contributed by atoms with E-state index in [1.165, 1.54) is 62.5 Å². The maximum atomic E-state index is 12.4. The van der Waals surface area contributed by atoms with E-state index in [1.54, 1.807) is 24.3 Å². The highest BCUT2D eigenvalue weighted by Gasteiger charge is 2.18. The molecule has 2 rings (SSSR count). The molecule has 0 atom stereocenters. The van der Waals surface area contributed by atoms with Gasteiger partial charge in [0.15, 0.2) is 0 Å². The molecular formula is C32H48O4. The average molecular weight is 497 g/mol. The maximum absolute atomic E-state index is 12.4. The lowest BCUT2D eigenvalue weighted by atomic mass is 10.1. The molecule has 0 unspecified atom stereocenters. The van der Waals surface area contributed by atoms with E-state index in [-0.39, 0.29) is 0 Å². The SMILES string of the molecule is CCCCCCCCOC(=O)c1ccccc1C(=O)OCCCCCCCC.Cc1ccccc1C. The summed E-state index contributed by atoms with van der Waals surface area (Å²) in [6.07, 6.45) is 13.6. The maximum Gasteiger partial charge on any atom is 0.339 e. The Morgan fingerprint density at radius 3 is 1.22 bits per heavy atom. The molecule has 0 aliphatic heterocycles. The predicted molar refractivity (Wildman–Crippen MR) is 150 cm³/mol. The minimum atomic E-state index is -0.444. The molecule has 4 nitrogen and oxygen atoms in total. The number of esters is 2. The van der Waals surface area contributed by atoms with Crippen molar-refractivity contribution in [3.05, 3.63) is 70.8 Å². The highest BCUT2D eigenvalue weighted by Crippen LogP contribution is 2.14. The standard InChI is InChI=1S/C24H38O4.C8H10/c1-3-5-7-9-11-15-19-27-23(25)21-17-13-14-18-22(21)24(26)28-20-16-12-10-8-6-4-2;1-7-5-3-4-6-8(7)2/h13-14,17-18H,3-12,15-16,19-20H2,1-2H3;3-6H,1-2H3. The summed E-state index contributed by atoms with van der Waals surface area (Å²) >= 11 is 0. The highest BCUT2D eigenvalue weighted by atomic mass is 16.5. The monoisotopic (exact) mass is 496 g/mol. The van der Waals surface area contributed by atoms with Crippen LogP contribution in [0.3, 0.4) is 0 Å². The third kappa shape index (κ3) is 14.1. The number of carbonyl (C=O) groups is 2. The number of ether oxygens (including phenoxy) is 2. The molecule has 0 heterocycles. The van der Waals surface area contributed by atoms with Crippen molar-refractivity contribution in [1.82, 2.24) is 0 Å². The zero-order chi connectivity index (χ0) is 26.4. The zero-order valence-electron chi connectivity index (χ0n) is 23.2. The van der Waals surface area contributed by atoms with Gasteiger partial charge in [0, 0.05) is 0 Å². The smallest absolute Gasteiger partial charge is 0.339 e. The molecule has 0 radical (unpaired) electrons. The third-order valence-electron chi connectivity index (χ3n) is 6.25. The van der Waals surface area contributed by atoms with E-state index < -0.39 is 11.9 Å². The molecule has 36 heavy (non-hydrogen) atoms. The molecule has 2 aromatic rings. The number of unbranched alkanes of at least 4 members (excludes halogenated alkanes) is 10. The first-order valence-electron chi connectivity index (χ1n) is 14.0. The summed E-state index contributed by atoms with van der Waals surface area (Å²) in [6, 6.07) is 15.1. The summed E-state index contributed by atoms with van der Waals surface area (Å²) in [5, 5.41) is 0. The molecule has 0 fully saturated rings. The van der Waals surface area contributed by atoms with Crippen molar-refractivity contribution in [2.75, 3.05) is 13.2 Å². The minimum absolute atomic E-state index is 0.293. The van der Waals surface area contributed by atoms with Crippen LogP contribution >= 0.6 is 0 Å². The van der Waals surface area contributed by atoms with E-state index in [0.29, 0.717) is 24.3 Å². The number of aryl methyl sites for hydroxylation is 2. The lowest BCUT2D eigenvalue weighted by molar-refractivity contribution is 0.0450. The fourth-order valence-electron chi connectivity index (χ4n) is 3.75. The fraction of sp³-hybridized carbons (Fsp3) is 0.562. The van der Waals surface area contributed by atoms with Crippen LogP contribution in [0.5, 0.6) is 0 Å². The van der Waals surface area contributed by atoms with Gasteiger partial charge in [-0.2, -0.15) is 0 Å². The van der Waals surface area contributed by atoms with Crippen LogP contribution in [-0.2, 0) is 9.47 Å². The molecule has 2 aromatic carbocycles. The summed E-state index contributed by atoms with van der Waals surface area (Å²) in [5.74, 6) is -0.888. The first-order valence-corrected chi connectivity index (χ1v) is 14.0. The summed E-state index contributed by atoms with van der Waals surface area (Å²) in [7, 11) is 0. The topological polar surface area (TPSA) is 52.6 Å². The number of hydrogen-bond donors (Lipinski definition) is 0. The number of hydrogen-bond acceptors (Lipinski definition) is 4. The molecule has 4 heteroatoms. The fourth-order valence-corrected chi connectivity index (χ4v) is 3.75. The number of carbonyl (C=O) groups excluding carboxylic acids is 2. The van der Waals surface area contributed by atoms with Crippen molar-refractivity contribution in [2.24, 2.45) is 0 Å². The Bertz CT molecular complexity index is 789. The third-order valence-corrected chi connectivity index (χ3v) is 6.25. The van der Waals surface area contributed by atoms with Crippen molar-refractivity contribution in [3.8, 4) is 0 Å². The van der Waals surface area contributed by atoms with Crippen molar-refractivity contribution in [3.63, 3.8) is 0 Å². The predicted octanol–water partition coefficient (Wildman–Crippen LogP) is 9.02. The van der Waals surface area contributed by atoms with Gasteiger partial charge in [0.1, 0.15) is 0 Å². The van der Waals surface area contributed by atoms with Gasteiger partial charge in [-0.1, -0.05) is 114 Å². The normalized spacial score (nSPS) is 10.3. The molecule has 0 aromatic heterocycles. The van der Waals surface area contributed by atoms with Crippen LogP contribution in [0.2, 0.25) is 0 Å². The number of rotatable bonds is 16. The Hall–Kier alpha value is -2.62. The van der Waals surface area contributed by atoms with Crippen molar-refractivity contribution >= 4 is 11.9 Å². The van der Waals surface area contributed by atoms with Gasteiger partial charge in [-0.15, -0.1) is 0 Å². The lowest BCUT2D eigenvalue weighted by Crippen LogP contribution is -2.15. The van der Waals surface area contributed by atoms with E-state index in [4.69, 9.17) is 9.47 Å². The van der Waals surface area contributed by atoms with Crippen molar-refractivity contribution in [2.45, 2.75) is 105 Å². The van der Waals surface area contributed by atoms with Crippen LogP contribution in [-0.4, -0.2) is 25.2 Å². The van der Waals surface area contributed by atoms with E-state index >= 15 is 0 Å². The van der Waals surface area contributed by atoms with Gasteiger partial charge < -0.3 is 9.47 Å².